The Bertz CT molecular complexity index is 658. The second kappa shape index (κ2) is 5.92. The molecule has 2 rings (SSSR count). The first kappa shape index (κ1) is 14.3. The number of nitrogen functional groups attached to an aromatic ring is 1. The van der Waals surface area contributed by atoms with Crippen molar-refractivity contribution in [3.05, 3.63) is 63.9 Å². The van der Waals surface area contributed by atoms with E-state index in [1.54, 1.807) is 31.2 Å². The number of nitrogens with two attached hydrogens (primary N) is 1. The molecule has 0 aromatic heterocycles. The maximum Gasteiger partial charge on any atom is 0.338 e. The van der Waals surface area contributed by atoms with Crippen LogP contribution in [0.15, 0.2) is 36.4 Å². The van der Waals surface area contributed by atoms with E-state index in [-0.39, 0.29) is 17.2 Å². The van der Waals surface area contributed by atoms with Gasteiger partial charge in [-0.1, -0.05) is 23.7 Å². The molecule has 3 nitrogen and oxygen atoms in total. The molecule has 0 aliphatic rings. The third-order valence-corrected chi connectivity index (χ3v) is 3.19. The number of rotatable bonds is 3. The summed E-state index contributed by atoms with van der Waals surface area (Å²) in [6, 6.07) is 9.38. The van der Waals surface area contributed by atoms with Gasteiger partial charge in [0.25, 0.3) is 0 Å². The van der Waals surface area contributed by atoms with Gasteiger partial charge < -0.3 is 10.5 Å². The van der Waals surface area contributed by atoms with Crippen LogP contribution in [0.4, 0.5) is 10.1 Å². The van der Waals surface area contributed by atoms with Crippen LogP contribution >= 0.6 is 11.6 Å². The summed E-state index contributed by atoms with van der Waals surface area (Å²) in [5.74, 6) is -1.11. The third-order valence-electron chi connectivity index (χ3n) is 2.90. The standard InChI is InChI=1S/C15H13ClFNO2/c1-9-7-10(5-6-13(9)18)15(19)20-8-11-3-2-4-12(16)14(11)17/h2-7H,8,18H2,1H3. The van der Waals surface area contributed by atoms with Crippen LogP contribution in [0.25, 0.3) is 0 Å². The Labute approximate surface area is 121 Å². The summed E-state index contributed by atoms with van der Waals surface area (Å²) in [5, 5.41) is 0.00174. The van der Waals surface area contributed by atoms with Gasteiger partial charge in [-0.05, 0) is 36.8 Å². The second-order valence-electron chi connectivity index (χ2n) is 4.36. The minimum absolute atomic E-state index is 0.00174. The fourth-order valence-electron chi connectivity index (χ4n) is 1.69. The number of halogens is 2. The van der Waals surface area contributed by atoms with Crippen molar-refractivity contribution >= 4 is 23.3 Å². The van der Waals surface area contributed by atoms with Gasteiger partial charge in [-0.15, -0.1) is 0 Å². The van der Waals surface area contributed by atoms with Gasteiger partial charge >= 0.3 is 5.97 Å². The highest BCUT2D eigenvalue weighted by atomic mass is 35.5. The third kappa shape index (κ3) is 3.08. The molecule has 0 saturated carbocycles. The summed E-state index contributed by atoms with van der Waals surface area (Å²) >= 11 is 5.65. The Kier molecular flexibility index (Phi) is 4.25. The molecule has 2 N–H and O–H groups in total. The fraction of sp³-hybridized carbons (Fsp3) is 0.133. The summed E-state index contributed by atoms with van der Waals surface area (Å²) in [7, 11) is 0. The number of carbonyl (C=O) groups is 1. The van der Waals surface area contributed by atoms with Gasteiger partial charge in [-0.3, -0.25) is 0 Å². The first-order chi connectivity index (χ1) is 9.49. The summed E-state index contributed by atoms with van der Waals surface area (Å²) in [6.45, 7) is 1.62. The minimum atomic E-state index is -0.574. The lowest BCUT2D eigenvalue weighted by atomic mass is 10.1. The van der Waals surface area contributed by atoms with E-state index in [0.29, 0.717) is 11.3 Å². The zero-order valence-corrected chi connectivity index (χ0v) is 11.6. The Balaban J connectivity index is 2.08. The molecule has 0 radical (unpaired) electrons. The molecule has 0 spiro atoms. The van der Waals surface area contributed by atoms with E-state index in [1.165, 1.54) is 12.1 Å². The topological polar surface area (TPSA) is 52.3 Å². The van der Waals surface area contributed by atoms with Gasteiger partial charge in [-0.2, -0.15) is 0 Å². The SMILES string of the molecule is Cc1cc(C(=O)OCc2cccc(Cl)c2F)ccc1N. The Morgan fingerprint density at radius 3 is 2.80 bits per heavy atom. The molecule has 104 valence electrons. The summed E-state index contributed by atoms with van der Waals surface area (Å²) in [6.07, 6.45) is 0. The van der Waals surface area contributed by atoms with E-state index in [9.17, 15) is 9.18 Å². The fourth-order valence-corrected chi connectivity index (χ4v) is 1.88. The van der Waals surface area contributed by atoms with E-state index < -0.39 is 11.8 Å². The lowest BCUT2D eigenvalue weighted by Gasteiger charge is -2.08. The van der Waals surface area contributed by atoms with Gasteiger partial charge in [0, 0.05) is 11.3 Å². The lowest BCUT2D eigenvalue weighted by Crippen LogP contribution is -2.07. The van der Waals surface area contributed by atoms with Crippen LogP contribution in [-0.2, 0) is 11.3 Å². The predicted molar refractivity (Wildman–Crippen MR) is 76.1 cm³/mol. The normalized spacial score (nSPS) is 10.3. The lowest BCUT2D eigenvalue weighted by molar-refractivity contribution is 0.0469. The molecule has 0 saturated heterocycles. The second-order valence-corrected chi connectivity index (χ2v) is 4.77. The molecule has 0 fully saturated rings. The van der Waals surface area contributed by atoms with E-state index in [1.807, 2.05) is 0 Å². The molecule has 5 heteroatoms. The van der Waals surface area contributed by atoms with Crippen LogP contribution in [0.3, 0.4) is 0 Å². The van der Waals surface area contributed by atoms with Crippen molar-refractivity contribution in [2.24, 2.45) is 0 Å². The number of benzene rings is 2. The Hall–Kier alpha value is -2.07. The van der Waals surface area contributed by atoms with Crippen molar-refractivity contribution in [2.75, 3.05) is 5.73 Å². The van der Waals surface area contributed by atoms with Crippen molar-refractivity contribution in [3.63, 3.8) is 0 Å². The van der Waals surface area contributed by atoms with Gasteiger partial charge in [0.15, 0.2) is 0 Å². The highest BCUT2D eigenvalue weighted by molar-refractivity contribution is 6.30. The first-order valence-electron chi connectivity index (χ1n) is 5.95. The molecule has 2 aromatic rings. The molecule has 0 unspecified atom stereocenters. The smallest absolute Gasteiger partial charge is 0.338 e. The molecule has 0 atom stereocenters. The number of anilines is 1. The highest BCUT2D eigenvalue weighted by Crippen LogP contribution is 2.19. The van der Waals surface area contributed by atoms with Crippen molar-refractivity contribution in [1.82, 2.24) is 0 Å². The van der Waals surface area contributed by atoms with Gasteiger partial charge in [-0.25, -0.2) is 9.18 Å². The van der Waals surface area contributed by atoms with Gasteiger partial charge in [0.2, 0.25) is 0 Å². The van der Waals surface area contributed by atoms with Crippen LogP contribution in [0.2, 0.25) is 5.02 Å². The number of esters is 1. The molecule has 0 amide bonds. The molecule has 0 aliphatic heterocycles. The number of hydrogen-bond acceptors (Lipinski definition) is 3. The van der Waals surface area contributed by atoms with Crippen molar-refractivity contribution < 1.29 is 13.9 Å². The number of hydrogen-bond donors (Lipinski definition) is 1. The summed E-state index contributed by atoms with van der Waals surface area (Å²) in [5.41, 5.74) is 7.67. The van der Waals surface area contributed by atoms with Gasteiger partial charge in [0.05, 0.1) is 10.6 Å². The predicted octanol–water partition coefficient (Wildman–Crippen LogP) is 3.73. The van der Waals surface area contributed by atoms with Crippen LogP contribution < -0.4 is 5.73 Å². The summed E-state index contributed by atoms with van der Waals surface area (Å²) in [4.78, 5) is 11.9. The van der Waals surface area contributed by atoms with Crippen LogP contribution in [0.5, 0.6) is 0 Å². The molecule has 2 aromatic carbocycles. The van der Waals surface area contributed by atoms with Crippen LogP contribution in [-0.4, -0.2) is 5.97 Å². The van der Waals surface area contributed by atoms with E-state index >= 15 is 0 Å². The number of ether oxygens (including phenoxy) is 1. The largest absolute Gasteiger partial charge is 0.457 e. The molecular weight excluding hydrogens is 281 g/mol. The average molecular weight is 294 g/mol. The molecular formula is C15H13ClFNO2. The number of carbonyl (C=O) groups excluding carboxylic acids is 1. The van der Waals surface area contributed by atoms with E-state index in [4.69, 9.17) is 22.1 Å². The zero-order chi connectivity index (χ0) is 14.7. The monoisotopic (exact) mass is 293 g/mol. The highest BCUT2D eigenvalue weighted by Gasteiger charge is 2.11. The quantitative estimate of drug-likeness (QED) is 0.693. The maximum atomic E-state index is 13.6. The van der Waals surface area contributed by atoms with Gasteiger partial charge in [0.1, 0.15) is 12.4 Å². The first-order valence-corrected chi connectivity index (χ1v) is 6.33. The zero-order valence-electron chi connectivity index (χ0n) is 10.8. The van der Waals surface area contributed by atoms with E-state index in [0.717, 1.165) is 5.56 Å². The molecule has 0 aliphatic carbocycles. The number of aryl methyl sites for hydroxylation is 1. The Morgan fingerprint density at radius 1 is 1.35 bits per heavy atom. The Morgan fingerprint density at radius 2 is 2.10 bits per heavy atom. The van der Waals surface area contributed by atoms with E-state index in [2.05, 4.69) is 0 Å². The molecule has 20 heavy (non-hydrogen) atoms. The molecule has 0 bridgehead atoms. The summed E-state index contributed by atoms with van der Waals surface area (Å²) < 4.78 is 18.7. The maximum absolute atomic E-state index is 13.6. The minimum Gasteiger partial charge on any atom is -0.457 e. The van der Waals surface area contributed by atoms with Crippen molar-refractivity contribution in [1.29, 1.82) is 0 Å². The van der Waals surface area contributed by atoms with Crippen LogP contribution in [0, 0.1) is 12.7 Å². The van der Waals surface area contributed by atoms with Crippen molar-refractivity contribution in [3.8, 4) is 0 Å². The molecule has 0 heterocycles. The average Bonchev–Trinajstić information content (AvgIpc) is 2.43. The van der Waals surface area contributed by atoms with Crippen molar-refractivity contribution in [2.45, 2.75) is 13.5 Å². The van der Waals surface area contributed by atoms with Crippen LogP contribution in [0.1, 0.15) is 21.5 Å².